The standard InChI is InChI=1S/C29H28N4O2S/c1-19(2)20-13-15-21(16-14-20)33-27(26(31-29(33)36)23-10-6-7-17-30-23)25-12-8-18-32(25)24-11-5-4-9-22(24)28(34)35-3/h4-19,26-27H,1-3H3,(H,31,36)/t26-,27+/m0/s1. The summed E-state index contributed by atoms with van der Waals surface area (Å²) in [6, 6.07) is 25.5. The Kier molecular flexibility index (Phi) is 6.57. The number of benzene rings is 2. The van der Waals surface area contributed by atoms with Crippen LogP contribution in [0.1, 0.15) is 59.2 Å². The summed E-state index contributed by atoms with van der Waals surface area (Å²) in [5.74, 6) is 0.0551. The molecule has 0 saturated carbocycles. The first-order chi connectivity index (χ1) is 17.5. The Labute approximate surface area is 216 Å². The Hall–Kier alpha value is -3.97. The summed E-state index contributed by atoms with van der Waals surface area (Å²) in [6.45, 7) is 4.37. The molecule has 1 saturated heterocycles. The number of para-hydroxylation sites is 1. The van der Waals surface area contributed by atoms with Crippen molar-refractivity contribution < 1.29 is 9.53 Å². The Balaban J connectivity index is 1.66. The average molecular weight is 497 g/mol. The van der Waals surface area contributed by atoms with Crippen LogP contribution >= 0.6 is 12.2 Å². The van der Waals surface area contributed by atoms with E-state index in [-0.39, 0.29) is 18.1 Å². The van der Waals surface area contributed by atoms with Crippen LogP contribution in [0.25, 0.3) is 5.69 Å². The molecule has 7 heteroatoms. The van der Waals surface area contributed by atoms with Gasteiger partial charge in [0.05, 0.1) is 30.1 Å². The Bertz CT molecular complexity index is 1380. The second-order valence-electron chi connectivity index (χ2n) is 9.05. The number of rotatable bonds is 6. The highest BCUT2D eigenvalue weighted by Gasteiger charge is 2.42. The molecule has 0 aliphatic carbocycles. The van der Waals surface area contributed by atoms with E-state index < -0.39 is 0 Å². The van der Waals surface area contributed by atoms with E-state index in [0.717, 1.165) is 22.8 Å². The molecule has 3 heterocycles. The van der Waals surface area contributed by atoms with Crippen LogP contribution in [0.15, 0.2) is 91.3 Å². The first-order valence-electron chi connectivity index (χ1n) is 11.9. The number of pyridine rings is 1. The van der Waals surface area contributed by atoms with E-state index in [9.17, 15) is 4.79 Å². The maximum absolute atomic E-state index is 12.6. The maximum Gasteiger partial charge on any atom is 0.339 e. The fraction of sp³-hybridized carbons (Fsp3) is 0.207. The van der Waals surface area contributed by atoms with Crippen LogP contribution in [0.4, 0.5) is 5.69 Å². The molecule has 0 unspecified atom stereocenters. The lowest BCUT2D eigenvalue weighted by molar-refractivity contribution is 0.0600. The van der Waals surface area contributed by atoms with Crippen LogP contribution in [-0.2, 0) is 4.74 Å². The number of aromatic nitrogens is 2. The molecule has 2 aromatic heterocycles. The van der Waals surface area contributed by atoms with Crippen molar-refractivity contribution in [2.45, 2.75) is 31.8 Å². The van der Waals surface area contributed by atoms with E-state index in [0.29, 0.717) is 16.6 Å². The number of hydrogen-bond donors (Lipinski definition) is 1. The number of hydrogen-bond acceptors (Lipinski definition) is 4. The van der Waals surface area contributed by atoms with Crippen molar-refractivity contribution in [2.75, 3.05) is 12.0 Å². The largest absolute Gasteiger partial charge is 0.465 e. The summed E-state index contributed by atoms with van der Waals surface area (Å²) in [6.07, 6.45) is 3.76. The molecule has 0 amide bonds. The van der Waals surface area contributed by atoms with Gasteiger partial charge in [-0.15, -0.1) is 0 Å². The number of nitrogens with zero attached hydrogens (tertiary/aromatic N) is 3. The highest BCUT2D eigenvalue weighted by Crippen LogP contribution is 2.42. The number of ether oxygens (including phenoxy) is 1. The number of methoxy groups -OCH3 is 1. The zero-order chi connectivity index (χ0) is 25.2. The molecule has 1 fully saturated rings. The fourth-order valence-corrected chi connectivity index (χ4v) is 5.12. The molecular weight excluding hydrogens is 468 g/mol. The van der Waals surface area contributed by atoms with Gasteiger partial charge in [-0.05, 0) is 72.2 Å². The molecule has 2 aromatic carbocycles. The molecule has 6 nitrogen and oxygen atoms in total. The summed E-state index contributed by atoms with van der Waals surface area (Å²) in [4.78, 5) is 19.4. The third-order valence-electron chi connectivity index (χ3n) is 6.59. The van der Waals surface area contributed by atoms with E-state index >= 15 is 0 Å². The smallest absolute Gasteiger partial charge is 0.339 e. The van der Waals surface area contributed by atoms with Gasteiger partial charge >= 0.3 is 5.97 Å². The second-order valence-corrected chi connectivity index (χ2v) is 9.44. The maximum atomic E-state index is 12.6. The van der Waals surface area contributed by atoms with Crippen LogP contribution < -0.4 is 10.2 Å². The third-order valence-corrected chi connectivity index (χ3v) is 6.90. The van der Waals surface area contributed by atoms with Gasteiger partial charge in [0.15, 0.2) is 5.11 Å². The molecule has 1 aliphatic heterocycles. The van der Waals surface area contributed by atoms with Crippen LogP contribution in [0.2, 0.25) is 0 Å². The molecule has 182 valence electrons. The molecule has 0 spiro atoms. The predicted octanol–water partition coefficient (Wildman–Crippen LogP) is 5.96. The van der Waals surface area contributed by atoms with E-state index in [2.05, 4.69) is 59.4 Å². The SMILES string of the molecule is COC(=O)c1ccccc1-n1cccc1[C@@H]1[C@H](c2ccccn2)NC(=S)N1c1ccc(C(C)C)cc1. The predicted molar refractivity (Wildman–Crippen MR) is 146 cm³/mol. The van der Waals surface area contributed by atoms with Crippen molar-refractivity contribution in [1.29, 1.82) is 0 Å². The molecule has 1 N–H and O–H groups in total. The van der Waals surface area contributed by atoms with Gasteiger partial charge < -0.3 is 19.5 Å². The third kappa shape index (κ3) is 4.27. The molecule has 4 aromatic rings. The minimum absolute atomic E-state index is 0.192. The van der Waals surface area contributed by atoms with Crippen LogP contribution in [0, 0.1) is 0 Å². The van der Waals surface area contributed by atoms with E-state index in [1.54, 1.807) is 12.3 Å². The molecule has 2 atom stereocenters. The Morgan fingerprint density at radius 1 is 1.00 bits per heavy atom. The lowest BCUT2D eigenvalue weighted by Crippen LogP contribution is -2.30. The second kappa shape index (κ2) is 9.95. The zero-order valence-corrected chi connectivity index (χ0v) is 21.3. The first kappa shape index (κ1) is 23.8. The Morgan fingerprint density at radius 2 is 1.75 bits per heavy atom. The molecule has 36 heavy (non-hydrogen) atoms. The minimum atomic E-state index is -0.382. The monoisotopic (exact) mass is 496 g/mol. The summed E-state index contributed by atoms with van der Waals surface area (Å²) in [5, 5.41) is 4.14. The van der Waals surface area contributed by atoms with Crippen molar-refractivity contribution >= 4 is 29.0 Å². The van der Waals surface area contributed by atoms with E-state index in [1.165, 1.54) is 12.7 Å². The van der Waals surface area contributed by atoms with Crippen LogP contribution in [0.3, 0.4) is 0 Å². The fourth-order valence-electron chi connectivity index (χ4n) is 4.77. The average Bonchev–Trinajstić information content (AvgIpc) is 3.53. The van der Waals surface area contributed by atoms with Crippen LogP contribution in [-0.4, -0.2) is 27.7 Å². The lowest BCUT2D eigenvalue weighted by atomic mass is 9.99. The van der Waals surface area contributed by atoms with Gasteiger partial charge in [-0.1, -0.05) is 44.2 Å². The van der Waals surface area contributed by atoms with Gasteiger partial charge in [-0.2, -0.15) is 0 Å². The number of thiocarbonyl (C=S) groups is 1. The topological polar surface area (TPSA) is 59.4 Å². The van der Waals surface area contributed by atoms with Crippen molar-refractivity contribution in [2.24, 2.45) is 0 Å². The first-order valence-corrected chi connectivity index (χ1v) is 12.4. The van der Waals surface area contributed by atoms with Gasteiger partial charge in [0.1, 0.15) is 6.04 Å². The highest BCUT2D eigenvalue weighted by molar-refractivity contribution is 7.80. The quantitative estimate of drug-likeness (QED) is 0.263. The van der Waals surface area contributed by atoms with Crippen molar-refractivity contribution in [3.63, 3.8) is 0 Å². The van der Waals surface area contributed by atoms with Gasteiger partial charge in [-0.25, -0.2) is 4.79 Å². The summed E-state index contributed by atoms with van der Waals surface area (Å²) < 4.78 is 7.10. The molecular formula is C29H28N4O2S. The summed E-state index contributed by atoms with van der Waals surface area (Å²) in [5.41, 5.74) is 5.37. The van der Waals surface area contributed by atoms with Crippen molar-refractivity contribution in [1.82, 2.24) is 14.9 Å². The Morgan fingerprint density at radius 3 is 2.44 bits per heavy atom. The van der Waals surface area contributed by atoms with Crippen molar-refractivity contribution in [3.05, 3.63) is 114 Å². The number of esters is 1. The van der Waals surface area contributed by atoms with Gasteiger partial charge in [0.25, 0.3) is 0 Å². The summed E-state index contributed by atoms with van der Waals surface area (Å²) >= 11 is 5.88. The highest BCUT2D eigenvalue weighted by atomic mass is 32.1. The van der Waals surface area contributed by atoms with Gasteiger partial charge in [0.2, 0.25) is 0 Å². The van der Waals surface area contributed by atoms with Gasteiger partial charge in [0, 0.05) is 23.8 Å². The van der Waals surface area contributed by atoms with Crippen molar-refractivity contribution in [3.8, 4) is 5.69 Å². The van der Waals surface area contributed by atoms with E-state index in [1.807, 2.05) is 53.2 Å². The molecule has 1 aliphatic rings. The minimum Gasteiger partial charge on any atom is -0.465 e. The van der Waals surface area contributed by atoms with E-state index in [4.69, 9.17) is 17.0 Å². The zero-order valence-electron chi connectivity index (χ0n) is 20.5. The number of carbonyl (C=O) groups is 1. The van der Waals surface area contributed by atoms with Gasteiger partial charge in [-0.3, -0.25) is 4.98 Å². The number of anilines is 1. The molecule has 0 radical (unpaired) electrons. The lowest BCUT2D eigenvalue weighted by Gasteiger charge is -2.29. The summed E-state index contributed by atoms with van der Waals surface area (Å²) in [7, 11) is 1.40. The normalized spacial score (nSPS) is 17.3. The number of carbonyl (C=O) groups excluding carboxylic acids is 1. The number of nitrogens with one attached hydrogen (secondary N) is 1. The van der Waals surface area contributed by atoms with Crippen LogP contribution in [0.5, 0.6) is 0 Å². The molecule has 5 rings (SSSR count). The molecule has 0 bridgehead atoms.